The number of nitrogens with one attached hydrogen (secondary N) is 1. The number of hydrogen-bond acceptors (Lipinski definition) is 5. The van der Waals surface area contributed by atoms with E-state index in [9.17, 15) is 4.79 Å². The molecule has 0 radical (unpaired) electrons. The van der Waals surface area contributed by atoms with E-state index in [0.717, 1.165) is 47.1 Å². The minimum atomic E-state index is 0.0227. The number of amides is 1. The second kappa shape index (κ2) is 8.57. The molecule has 3 heterocycles. The molecule has 6 heteroatoms. The number of rotatable bonds is 5. The van der Waals surface area contributed by atoms with Crippen molar-refractivity contribution < 1.29 is 4.79 Å². The number of thiazole rings is 1. The first-order valence-corrected chi connectivity index (χ1v) is 11.2. The zero-order valence-corrected chi connectivity index (χ0v) is 17.1. The van der Waals surface area contributed by atoms with Crippen molar-refractivity contribution in [3.05, 3.63) is 23.8 Å². The van der Waals surface area contributed by atoms with Crippen molar-refractivity contribution in [3.8, 4) is 0 Å². The van der Waals surface area contributed by atoms with E-state index < -0.39 is 0 Å². The predicted octanol–water partition coefficient (Wildman–Crippen LogP) is 3.89. The number of benzene rings is 1. The SMILES string of the molecule is C[C@@H]1CCCCN1CCNC(=O)c1ccc2nc(N3CCCCC3)sc2c1. The van der Waals surface area contributed by atoms with Gasteiger partial charge in [-0.15, -0.1) is 0 Å². The van der Waals surface area contributed by atoms with Crippen LogP contribution in [0.2, 0.25) is 0 Å². The summed E-state index contributed by atoms with van der Waals surface area (Å²) in [5.74, 6) is 0.0227. The molecule has 1 N–H and O–H groups in total. The van der Waals surface area contributed by atoms with Crippen molar-refractivity contribution in [2.45, 2.75) is 51.5 Å². The normalized spacial score (nSPS) is 21.5. The Bertz CT molecular complexity index is 784. The minimum Gasteiger partial charge on any atom is -0.351 e. The zero-order valence-electron chi connectivity index (χ0n) is 16.2. The lowest BCUT2D eigenvalue weighted by Crippen LogP contribution is -2.42. The molecule has 1 amide bonds. The standard InChI is InChI=1S/C21H30N4OS/c1-16-7-3-6-11-24(16)14-10-22-20(26)17-8-9-18-19(15-17)27-21(23-18)25-12-4-2-5-13-25/h8-9,15-16H,2-7,10-14H2,1H3,(H,22,26)/t16-/m1/s1. The van der Waals surface area contributed by atoms with Crippen molar-refractivity contribution >= 4 is 32.6 Å². The Kier molecular flexibility index (Phi) is 5.93. The number of piperidine rings is 2. The van der Waals surface area contributed by atoms with Gasteiger partial charge in [-0.1, -0.05) is 17.8 Å². The van der Waals surface area contributed by atoms with E-state index in [1.807, 2.05) is 18.2 Å². The smallest absolute Gasteiger partial charge is 0.251 e. The number of fused-ring (bicyclic) bond motifs is 1. The van der Waals surface area contributed by atoms with Gasteiger partial charge in [-0.3, -0.25) is 9.69 Å². The molecule has 2 aliphatic rings. The number of likely N-dealkylation sites (tertiary alicyclic amines) is 1. The maximum absolute atomic E-state index is 12.6. The van der Waals surface area contributed by atoms with Crippen molar-refractivity contribution in [2.24, 2.45) is 0 Å². The van der Waals surface area contributed by atoms with Crippen LogP contribution in [-0.4, -0.2) is 54.6 Å². The monoisotopic (exact) mass is 386 g/mol. The highest BCUT2D eigenvalue weighted by atomic mass is 32.1. The molecular formula is C21H30N4OS. The summed E-state index contributed by atoms with van der Waals surface area (Å²) in [6.45, 7) is 7.30. The van der Waals surface area contributed by atoms with Gasteiger partial charge >= 0.3 is 0 Å². The third-order valence-corrected chi connectivity index (χ3v) is 6.97. The zero-order chi connectivity index (χ0) is 18.6. The Morgan fingerprint density at radius 2 is 2.00 bits per heavy atom. The lowest BCUT2D eigenvalue weighted by atomic mass is 10.0. The molecule has 1 aromatic carbocycles. The maximum atomic E-state index is 12.6. The van der Waals surface area contributed by atoms with Crippen LogP contribution in [0, 0.1) is 0 Å². The summed E-state index contributed by atoms with van der Waals surface area (Å²) in [7, 11) is 0. The number of nitrogens with zero attached hydrogens (tertiary/aromatic N) is 3. The summed E-state index contributed by atoms with van der Waals surface area (Å²) in [4.78, 5) is 22.2. The highest BCUT2D eigenvalue weighted by Crippen LogP contribution is 2.31. The van der Waals surface area contributed by atoms with Crippen LogP contribution < -0.4 is 10.2 Å². The van der Waals surface area contributed by atoms with Gasteiger partial charge in [-0.2, -0.15) is 0 Å². The molecule has 0 spiro atoms. The number of anilines is 1. The molecule has 4 rings (SSSR count). The number of carbonyl (C=O) groups is 1. The van der Waals surface area contributed by atoms with Crippen LogP contribution in [0.5, 0.6) is 0 Å². The average Bonchev–Trinajstić information content (AvgIpc) is 3.13. The Morgan fingerprint density at radius 1 is 1.19 bits per heavy atom. The first-order chi connectivity index (χ1) is 13.2. The number of hydrogen-bond donors (Lipinski definition) is 1. The molecule has 2 aromatic rings. The van der Waals surface area contributed by atoms with Gasteiger partial charge in [-0.05, 0) is 63.8 Å². The second-order valence-electron chi connectivity index (χ2n) is 7.86. The van der Waals surface area contributed by atoms with Gasteiger partial charge in [-0.25, -0.2) is 4.98 Å². The van der Waals surface area contributed by atoms with Gasteiger partial charge in [0.15, 0.2) is 5.13 Å². The summed E-state index contributed by atoms with van der Waals surface area (Å²) < 4.78 is 1.10. The molecule has 2 fully saturated rings. The van der Waals surface area contributed by atoms with Gasteiger partial charge < -0.3 is 10.2 Å². The molecule has 5 nitrogen and oxygen atoms in total. The fourth-order valence-corrected chi connectivity index (χ4v) is 5.24. The van der Waals surface area contributed by atoms with E-state index in [2.05, 4.69) is 22.0 Å². The summed E-state index contributed by atoms with van der Waals surface area (Å²) in [6, 6.07) is 6.53. The molecule has 0 saturated carbocycles. The highest BCUT2D eigenvalue weighted by Gasteiger charge is 2.18. The Morgan fingerprint density at radius 3 is 2.81 bits per heavy atom. The Hall–Kier alpha value is -1.66. The van der Waals surface area contributed by atoms with Crippen molar-refractivity contribution in [3.63, 3.8) is 0 Å². The molecule has 0 unspecified atom stereocenters. The molecule has 0 aliphatic carbocycles. The van der Waals surface area contributed by atoms with E-state index in [-0.39, 0.29) is 5.91 Å². The van der Waals surface area contributed by atoms with Crippen LogP contribution in [0.3, 0.4) is 0 Å². The molecule has 2 saturated heterocycles. The van der Waals surface area contributed by atoms with Crippen LogP contribution in [0.25, 0.3) is 10.2 Å². The van der Waals surface area contributed by atoms with Crippen LogP contribution in [0.1, 0.15) is 55.8 Å². The number of aromatic nitrogens is 1. The first-order valence-electron chi connectivity index (χ1n) is 10.4. The summed E-state index contributed by atoms with van der Waals surface area (Å²) in [5.41, 5.74) is 1.74. The average molecular weight is 387 g/mol. The van der Waals surface area contributed by atoms with Crippen molar-refractivity contribution in [1.29, 1.82) is 0 Å². The van der Waals surface area contributed by atoms with E-state index in [0.29, 0.717) is 12.6 Å². The van der Waals surface area contributed by atoms with Crippen molar-refractivity contribution in [2.75, 3.05) is 37.6 Å². The van der Waals surface area contributed by atoms with Crippen LogP contribution in [0.4, 0.5) is 5.13 Å². The van der Waals surface area contributed by atoms with Gasteiger partial charge in [0.1, 0.15) is 0 Å². The maximum Gasteiger partial charge on any atom is 0.251 e. The molecule has 1 atom stereocenters. The Labute approximate surface area is 165 Å². The highest BCUT2D eigenvalue weighted by molar-refractivity contribution is 7.22. The molecule has 2 aliphatic heterocycles. The van der Waals surface area contributed by atoms with Gasteiger partial charge in [0.05, 0.1) is 10.2 Å². The van der Waals surface area contributed by atoms with Crippen LogP contribution >= 0.6 is 11.3 Å². The summed E-state index contributed by atoms with van der Waals surface area (Å²) in [6.07, 6.45) is 7.70. The minimum absolute atomic E-state index is 0.0227. The topological polar surface area (TPSA) is 48.5 Å². The fourth-order valence-electron chi connectivity index (χ4n) is 4.18. The van der Waals surface area contributed by atoms with E-state index in [4.69, 9.17) is 4.98 Å². The van der Waals surface area contributed by atoms with E-state index in [1.165, 1.54) is 38.5 Å². The predicted molar refractivity (Wildman–Crippen MR) is 113 cm³/mol. The third kappa shape index (κ3) is 4.43. The quantitative estimate of drug-likeness (QED) is 0.847. The van der Waals surface area contributed by atoms with Gasteiger partial charge in [0, 0.05) is 37.8 Å². The van der Waals surface area contributed by atoms with E-state index >= 15 is 0 Å². The third-order valence-electron chi connectivity index (χ3n) is 5.89. The Balaban J connectivity index is 1.36. The van der Waals surface area contributed by atoms with Crippen molar-refractivity contribution in [1.82, 2.24) is 15.2 Å². The summed E-state index contributed by atoms with van der Waals surface area (Å²) >= 11 is 1.71. The summed E-state index contributed by atoms with van der Waals surface area (Å²) in [5, 5.41) is 4.19. The lowest BCUT2D eigenvalue weighted by Gasteiger charge is -2.33. The molecular weight excluding hydrogens is 356 g/mol. The number of carbonyl (C=O) groups excluding carboxylic acids is 1. The van der Waals surface area contributed by atoms with E-state index in [1.54, 1.807) is 11.3 Å². The molecule has 27 heavy (non-hydrogen) atoms. The van der Waals surface area contributed by atoms with Crippen LogP contribution in [-0.2, 0) is 0 Å². The van der Waals surface area contributed by atoms with Gasteiger partial charge in [0.2, 0.25) is 0 Å². The largest absolute Gasteiger partial charge is 0.351 e. The van der Waals surface area contributed by atoms with Gasteiger partial charge in [0.25, 0.3) is 5.91 Å². The fraction of sp³-hybridized carbons (Fsp3) is 0.619. The van der Waals surface area contributed by atoms with Crippen LogP contribution in [0.15, 0.2) is 18.2 Å². The molecule has 1 aromatic heterocycles. The lowest BCUT2D eigenvalue weighted by molar-refractivity contribution is 0.0938. The second-order valence-corrected chi connectivity index (χ2v) is 8.87. The molecule has 0 bridgehead atoms. The molecule has 146 valence electrons. The first kappa shape index (κ1) is 18.7.